The summed E-state index contributed by atoms with van der Waals surface area (Å²) in [6, 6.07) is 7.78. The quantitative estimate of drug-likeness (QED) is 0.797. The summed E-state index contributed by atoms with van der Waals surface area (Å²) in [7, 11) is -0.263. The summed E-state index contributed by atoms with van der Waals surface area (Å²) in [5.41, 5.74) is 1.95. The zero-order valence-corrected chi connectivity index (χ0v) is 12.1. The van der Waals surface area contributed by atoms with Gasteiger partial charge in [-0.1, -0.05) is 24.3 Å². The van der Waals surface area contributed by atoms with E-state index in [0.29, 0.717) is 11.5 Å². The number of aryl methyl sites for hydroxylation is 1. The van der Waals surface area contributed by atoms with Gasteiger partial charge in [0.25, 0.3) is 0 Å². The van der Waals surface area contributed by atoms with Crippen LogP contribution in [0.5, 0.6) is 0 Å². The first-order chi connectivity index (χ1) is 9.13. The molecule has 0 fully saturated rings. The van der Waals surface area contributed by atoms with E-state index in [4.69, 9.17) is 0 Å². The summed E-state index contributed by atoms with van der Waals surface area (Å²) in [4.78, 5) is 12.8. The number of carbonyl (C=O) groups excluding carboxylic acids is 1. The van der Waals surface area contributed by atoms with E-state index in [1.807, 2.05) is 31.2 Å². The Bertz CT molecular complexity index is 454. The van der Waals surface area contributed by atoms with E-state index in [-0.39, 0.29) is 29.9 Å². The Morgan fingerprint density at radius 3 is 2.47 bits per heavy atom. The first kappa shape index (κ1) is 14.6. The SMILES string of the molecule is CC1([S+](CCO)CCO)CCc2ccccc2C1=O. The number of hydrogen-bond donors (Lipinski definition) is 2. The van der Waals surface area contributed by atoms with Gasteiger partial charge < -0.3 is 10.2 Å². The third-order valence-electron chi connectivity index (χ3n) is 3.93. The number of benzene rings is 1. The second-order valence-corrected chi connectivity index (χ2v) is 7.77. The van der Waals surface area contributed by atoms with Crippen molar-refractivity contribution >= 4 is 16.7 Å². The number of rotatable bonds is 5. The van der Waals surface area contributed by atoms with Crippen LogP contribution in [0.2, 0.25) is 0 Å². The van der Waals surface area contributed by atoms with Crippen molar-refractivity contribution in [2.75, 3.05) is 24.7 Å². The number of carbonyl (C=O) groups is 1. The molecule has 1 atom stereocenters. The molecule has 0 amide bonds. The Balaban J connectivity index is 2.32. The maximum atomic E-state index is 12.8. The zero-order valence-electron chi connectivity index (χ0n) is 11.3. The molecule has 0 aliphatic heterocycles. The van der Waals surface area contributed by atoms with Crippen LogP contribution in [0.1, 0.15) is 29.3 Å². The number of hydrogen-bond acceptors (Lipinski definition) is 3. The van der Waals surface area contributed by atoms with Crippen molar-refractivity contribution in [3.05, 3.63) is 35.4 Å². The molecule has 0 heterocycles. The second-order valence-electron chi connectivity index (χ2n) is 5.07. The maximum Gasteiger partial charge on any atom is 0.217 e. The number of ketones is 1. The zero-order chi connectivity index (χ0) is 13.9. The van der Waals surface area contributed by atoms with Gasteiger partial charge in [0, 0.05) is 22.9 Å². The first-order valence-corrected chi connectivity index (χ1v) is 8.22. The molecule has 0 saturated heterocycles. The topological polar surface area (TPSA) is 57.5 Å². The van der Waals surface area contributed by atoms with Crippen molar-refractivity contribution in [3.63, 3.8) is 0 Å². The van der Waals surface area contributed by atoms with Crippen molar-refractivity contribution in [2.24, 2.45) is 0 Å². The minimum atomic E-state index is -0.431. The van der Waals surface area contributed by atoms with Crippen molar-refractivity contribution in [2.45, 2.75) is 24.5 Å². The highest BCUT2D eigenvalue weighted by molar-refractivity contribution is 7.99. The highest BCUT2D eigenvalue weighted by atomic mass is 32.2. The standard InChI is InChI=1S/C15H21O3S/c1-15(19(10-8-16)11-9-17)7-6-12-4-2-3-5-13(12)14(15)18/h2-5,16-17H,6-11H2,1H3/q+1. The van der Waals surface area contributed by atoms with Gasteiger partial charge in [0.2, 0.25) is 5.78 Å². The van der Waals surface area contributed by atoms with Crippen LogP contribution in [-0.2, 0) is 17.3 Å². The van der Waals surface area contributed by atoms with Crippen LogP contribution >= 0.6 is 0 Å². The van der Waals surface area contributed by atoms with Gasteiger partial charge in [-0.3, -0.25) is 4.79 Å². The summed E-state index contributed by atoms with van der Waals surface area (Å²) in [6.07, 6.45) is 1.71. The average Bonchev–Trinajstić information content (AvgIpc) is 2.43. The predicted octanol–water partition coefficient (Wildman–Crippen LogP) is 1.18. The lowest BCUT2D eigenvalue weighted by molar-refractivity contribution is 0.0934. The van der Waals surface area contributed by atoms with Crippen molar-refractivity contribution < 1.29 is 15.0 Å². The number of Topliss-reactive ketones (excluding diaryl/α,β-unsaturated/α-hetero) is 1. The Labute approximate surface area is 117 Å². The first-order valence-electron chi connectivity index (χ1n) is 6.65. The minimum Gasteiger partial charge on any atom is -0.391 e. The average molecular weight is 281 g/mol. The Kier molecular flexibility index (Phi) is 4.66. The molecular formula is C15H21O3S+. The molecule has 1 aliphatic carbocycles. The van der Waals surface area contributed by atoms with Crippen molar-refractivity contribution in [3.8, 4) is 0 Å². The molecule has 0 bridgehead atoms. The van der Waals surface area contributed by atoms with Crippen LogP contribution in [0.3, 0.4) is 0 Å². The fourth-order valence-corrected chi connectivity index (χ4v) is 5.09. The van der Waals surface area contributed by atoms with Gasteiger partial charge in [0.05, 0.1) is 13.2 Å². The van der Waals surface area contributed by atoms with E-state index in [2.05, 4.69) is 0 Å². The summed E-state index contributed by atoms with van der Waals surface area (Å²) in [5.74, 6) is 1.38. The van der Waals surface area contributed by atoms with Crippen LogP contribution in [0, 0.1) is 0 Å². The van der Waals surface area contributed by atoms with E-state index in [0.717, 1.165) is 24.0 Å². The van der Waals surface area contributed by atoms with Crippen molar-refractivity contribution in [1.29, 1.82) is 0 Å². The van der Waals surface area contributed by atoms with Gasteiger partial charge >= 0.3 is 0 Å². The monoisotopic (exact) mass is 281 g/mol. The van der Waals surface area contributed by atoms with E-state index in [1.54, 1.807) is 0 Å². The molecule has 1 unspecified atom stereocenters. The van der Waals surface area contributed by atoms with Gasteiger partial charge in [-0.15, -0.1) is 0 Å². The lowest BCUT2D eigenvalue weighted by atomic mass is 9.83. The third-order valence-corrected chi connectivity index (χ3v) is 6.94. The molecule has 0 aromatic heterocycles. The predicted molar refractivity (Wildman–Crippen MR) is 78.8 cm³/mol. The van der Waals surface area contributed by atoms with Gasteiger partial charge in [-0.05, 0) is 18.9 Å². The smallest absolute Gasteiger partial charge is 0.217 e. The molecule has 104 valence electrons. The number of aliphatic hydroxyl groups excluding tert-OH is 2. The summed E-state index contributed by atoms with van der Waals surface area (Å²) >= 11 is 0. The van der Waals surface area contributed by atoms with Gasteiger partial charge in [-0.2, -0.15) is 0 Å². The van der Waals surface area contributed by atoms with Crippen molar-refractivity contribution in [1.82, 2.24) is 0 Å². The summed E-state index contributed by atoms with van der Waals surface area (Å²) < 4.78 is -0.431. The highest BCUT2D eigenvalue weighted by Crippen LogP contribution is 2.36. The normalized spacial score (nSPS) is 22.6. The second kappa shape index (κ2) is 6.07. The molecule has 0 saturated carbocycles. The lowest BCUT2D eigenvalue weighted by Crippen LogP contribution is -2.50. The molecule has 0 radical (unpaired) electrons. The van der Waals surface area contributed by atoms with Crippen LogP contribution < -0.4 is 0 Å². The molecule has 19 heavy (non-hydrogen) atoms. The largest absolute Gasteiger partial charge is 0.391 e. The van der Waals surface area contributed by atoms with Gasteiger partial charge in [0.1, 0.15) is 11.5 Å². The molecule has 3 nitrogen and oxygen atoms in total. The summed E-state index contributed by atoms with van der Waals surface area (Å²) in [6.45, 7) is 2.15. The van der Waals surface area contributed by atoms with Crippen LogP contribution in [-0.4, -0.2) is 45.5 Å². The van der Waals surface area contributed by atoms with E-state index < -0.39 is 4.75 Å². The fourth-order valence-electron chi connectivity index (χ4n) is 2.78. The van der Waals surface area contributed by atoms with Gasteiger partial charge in [-0.25, -0.2) is 0 Å². The fraction of sp³-hybridized carbons (Fsp3) is 0.533. The maximum absolute atomic E-state index is 12.8. The molecule has 4 heteroatoms. The third kappa shape index (κ3) is 2.71. The Morgan fingerprint density at radius 1 is 1.21 bits per heavy atom. The molecular weight excluding hydrogens is 260 g/mol. The molecule has 2 rings (SSSR count). The van der Waals surface area contributed by atoms with Gasteiger partial charge in [0.15, 0.2) is 4.75 Å². The molecule has 1 aromatic rings. The van der Waals surface area contributed by atoms with E-state index in [9.17, 15) is 15.0 Å². The number of fused-ring (bicyclic) bond motifs is 1. The van der Waals surface area contributed by atoms with E-state index >= 15 is 0 Å². The lowest BCUT2D eigenvalue weighted by Gasteiger charge is -2.32. The highest BCUT2D eigenvalue weighted by Gasteiger charge is 2.51. The van der Waals surface area contributed by atoms with Crippen LogP contribution in [0.4, 0.5) is 0 Å². The molecule has 0 spiro atoms. The Hall–Kier alpha value is -0.840. The Morgan fingerprint density at radius 2 is 1.84 bits per heavy atom. The molecule has 2 N–H and O–H groups in total. The summed E-state index contributed by atoms with van der Waals surface area (Å²) in [5, 5.41) is 18.4. The van der Waals surface area contributed by atoms with Crippen LogP contribution in [0.15, 0.2) is 24.3 Å². The molecule has 1 aliphatic rings. The number of aliphatic hydroxyl groups is 2. The minimum absolute atomic E-state index is 0.0770. The van der Waals surface area contributed by atoms with E-state index in [1.165, 1.54) is 0 Å². The molecule has 1 aromatic carbocycles. The van der Waals surface area contributed by atoms with Crippen LogP contribution in [0.25, 0.3) is 0 Å².